The fraction of sp³-hybridized carbons (Fsp3) is 0.823. The van der Waals surface area contributed by atoms with Crippen LogP contribution < -0.4 is 0 Å². The van der Waals surface area contributed by atoms with Crippen LogP contribution in [0.3, 0.4) is 0 Å². The van der Waals surface area contributed by atoms with E-state index in [1.165, 1.54) is 135 Å². The molecule has 0 aliphatic heterocycles. The Morgan fingerprint density at radius 2 is 0.662 bits per heavy atom. The van der Waals surface area contributed by atoms with E-state index >= 15 is 0 Å². The van der Waals surface area contributed by atoms with Crippen LogP contribution in [0.5, 0.6) is 0 Å². The Bertz CT molecular complexity index is 1430. The fourth-order valence-corrected chi connectivity index (χ4v) is 9.28. The van der Waals surface area contributed by atoms with Crippen molar-refractivity contribution in [2.75, 3.05) is 26.4 Å². The summed E-state index contributed by atoms with van der Waals surface area (Å²) in [6, 6.07) is 0. The van der Waals surface area contributed by atoms with Gasteiger partial charge in [-0.05, 0) is 103 Å². The Kier molecular flexibility index (Phi) is 54.7. The zero-order valence-electron chi connectivity index (χ0n) is 47.8. The number of aliphatic hydroxyl groups excluding tert-OH is 1. The zero-order chi connectivity index (χ0) is 54.1. The zero-order valence-corrected chi connectivity index (χ0v) is 48.7. The van der Waals surface area contributed by atoms with Gasteiger partial charge in [-0.3, -0.25) is 23.4 Å². The smallest absolute Gasteiger partial charge is 0.462 e. The highest BCUT2D eigenvalue weighted by molar-refractivity contribution is 7.47. The van der Waals surface area contributed by atoms with Crippen LogP contribution in [0.15, 0.2) is 48.6 Å². The minimum atomic E-state index is -4.75. The molecule has 11 nitrogen and oxygen atoms in total. The van der Waals surface area contributed by atoms with Gasteiger partial charge in [0.1, 0.15) is 12.7 Å². The first-order valence-corrected chi connectivity index (χ1v) is 32.0. The number of rotatable bonds is 57. The van der Waals surface area contributed by atoms with Crippen molar-refractivity contribution in [2.45, 2.75) is 303 Å². The van der Waals surface area contributed by atoms with Gasteiger partial charge in [0.25, 0.3) is 0 Å². The van der Waals surface area contributed by atoms with Gasteiger partial charge in [0, 0.05) is 19.3 Å². The first kappa shape index (κ1) is 71.4. The second-order valence-corrected chi connectivity index (χ2v) is 22.0. The number of esters is 3. The number of ether oxygens (including phenoxy) is 3. The van der Waals surface area contributed by atoms with Gasteiger partial charge in [-0.2, -0.15) is 0 Å². The molecule has 0 aromatic carbocycles. The van der Waals surface area contributed by atoms with Gasteiger partial charge in [0.2, 0.25) is 0 Å². The average Bonchev–Trinajstić information content (AvgIpc) is 3.39. The van der Waals surface area contributed by atoms with Gasteiger partial charge in [0.15, 0.2) is 6.10 Å². The third-order valence-corrected chi connectivity index (χ3v) is 14.1. The van der Waals surface area contributed by atoms with Crippen LogP contribution in [-0.2, 0) is 42.2 Å². The molecule has 74 heavy (non-hydrogen) atoms. The molecule has 0 aromatic rings. The number of aliphatic hydroxyl groups is 1. The molecule has 0 fully saturated rings. The van der Waals surface area contributed by atoms with E-state index in [0.29, 0.717) is 19.3 Å². The number of phosphoric acid groups is 1. The highest BCUT2D eigenvalue weighted by Gasteiger charge is 2.28. The number of hydrogen-bond acceptors (Lipinski definition) is 10. The molecule has 0 aliphatic rings. The van der Waals surface area contributed by atoms with Crippen LogP contribution in [0.1, 0.15) is 290 Å². The quantitative estimate of drug-likeness (QED) is 0.0197. The van der Waals surface area contributed by atoms with E-state index in [9.17, 15) is 28.9 Å². The first-order chi connectivity index (χ1) is 36.2. The van der Waals surface area contributed by atoms with Gasteiger partial charge in [-0.25, -0.2) is 4.57 Å². The van der Waals surface area contributed by atoms with Crippen molar-refractivity contribution in [1.29, 1.82) is 0 Å². The van der Waals surface area contributed by atoms with Crippen molar-refractivity contribution in [1.82, 2.24) is 0 Å². The molecule has 0 radical (unpaired) electrons. The lowest BCUT2D eigenvalue weighted by atomic mass is 10.1. The maximum absolute atomic E-state index is 12.9. The lowest BCUT2D eigenvalue weighted by molar-refractivity contribution is -0.161. The molecule has 0 amide bonds. The molecule has 0 aromatic heterocycles. The Hall–Kier alpha value is -2.56. The molecule has 0 saturated heterocycles. The van der Waals surface area contributed by atoms with E-state index in [4.69, 9.17) is 23.3 Å². The maximum atomic E-state index is 12.9. The highest BCUT2D eigenvalue weighted by atomic mass is 31.2. The summed E-state index contributed by atoms with van der Waals surface area (Å²) in [5.41, 5.74) is 0. The van der Waals surface area contributed by atoms with Crippen molar-refractivity contribution >= 4 is 25.7 Å². The van der Waals surface area contributed by atoms with Crippen molar-refractivity contribution in [3.63, 3.8) is 0 Å². The van der Waals surface area contributed by atoms with Crippen LogP contribution in [0.4, 0.5) is 0 Å². The lowest BCUT2D eigenvalue weighted by Crippen LogP contribution is -2.30. The minimum absolute atomic E-state index is 0.162. The summed E-state index contributed by atoms with van der Waals surface area (Å²) in [5.74, 6) is -1.47. The van der Waals surface area contributed by atoms with E-state index in [0.717, 1.165) is 96.3 Å². The molecule has 2 N–H and O–H groups in total. The molecule has 0 heterocycles. The van der Waals surface area contributed by atoms with E-state index in [1.54, 1.807) is 0 Å². The Morgan fingerprint density at radius 1 is 0.378 bits per heavy atom. The maximum Gasteiger partial charge on any atom is 0.472 e. The summed E-state index contributed by atoms with van der Waals surface area (Å²) in [6.07, 6.45) is 60.6. The third-order valence-electron chi connectivity index (χ3n) is 13.2. The summed E-state index contributed by atoms with van der Waals surface area (Å²) < 4.78 is 39.6. The van der Waals surface area contributed by atoms with Crippen LogP contribution in [0.25, 0.3) is 0 Å². The molecule has 0 bridgehead atoms. The molecular weight excluding hydrogens is 952 g/mol. The Labute approximate surface area is 453 Å². The van der Waals surface area contributed by atoms with Gasteiger partial charge in [-0.15, -0.1) is 0 Å². The minimum Gasteiger partial charge on any atom is -0.462 e. The van der Waals surface area contributed by atoms with Crippen molar-refractivity contribution in [3.05, 3.63) is 48.6 Å². The van der Waals surface area contributed by atoms with Crippen molar-refractivity contribution < 1.29 is 52.2 Å². The molecule has 432 valence electrons. The van der Waals surface area contributed by atoms with Crippen LogP contribution in [-0.4, -0.2) is 66.5 Å². The number of carbonyl (C=O) groups excluding carboxylic acids is 3. The highest BCUT2D eigenvalue weighted by Crippen LogP contribution is 2.43. The molecule has 0 aliphatic carbocycles. The number of unbranched alkanes of at least 4 members (excludes halogenated alkanes) is 32. The normalized spacial score (nSPS) is 13.6. The summed E-state index contributed by atoms with van der Waals surface area (Å²) in [4.78, 5) is 48.6. The first-order valence-electron chi connectivity index (χ1n) is 30.5. The van der Waals surface area contributed by atoms with Gasteiger partial charge in [-0.1, -0.05) is 217 Å². The topological polar surface area (TPSA) is 155 Å². The second-order valence-electron chi connectivity index (χ2n) is 20.5. The Balaban J connectivity index is 4.72. The van der Waals surface area contributed by atoms with Crippen LogP contribution >= 0.6 is 7.82 Å². The predicted molar refractivity (Wildman–Crippen MR) is 307 cm³/mol. The fourth-order valence-electron chi connectivity index (χ4n) is 8.49. The standard InChI is InChI=1S/C62H113O11P/c1-4-7-10-13-16-19-22-25-27-29-31-34-36-39-42-45-48-51-60(64)69-55-59(73-62(66)53-50-47-44-41-38-35-32-30-28-26-23-20-17-14-11-8-5-2)57-71-74(67,68)70-56-58(54-63)72-61(65)52-49-46-43-40-37-33-24-21-18-15-12-9-6-3/h16,19,21,24-28,58-59,63H,4-15,17-18,20,22-23,29-57H2,1-3H3,(H,67,68)/b19-16-,24-21-,27-25-,28-26-. The van der Waals surface area contributed by atoms with Crippen molar-refractivity contribution in [3.8, 4) is 0 Å². The molecular formula is C62H113O11P. The molecule has 0 saturated carbocycles. The number of carbonyl (C=O) groups is 3. The second kappa shape index (κ2) is 56.6. The number of hydrogen-bond donors (Lipinski definition) is 2. The predicted octanol–water partition coefficient (Wildman–Crippen LogP) is 18.1. The molecule has 12 heteroatoms. The SMILES string of the molecule is CCCCC/C=C\C/C=C\CCCCCCCCCC(=O)OCC(COP(=O)(O)OCC(CO)OC(=O)CCCCCCC/C=C\CCCCCC)OC(=O)CCCCCCCCC/C=C\CCCCCCCC. The van der Waals surface area contributed by atoms with E-state index in [2.05, 4.69) is 69.4 Å². The molecule has 0 rings (SSSR count). The summed E-state index contributed by atoms with van der Waals surface area (Å²) in [6.45, 7) is 4.61. The molecule has 3 atom stereocenters. The van der Waals surface area contributed by atoms with Crippen molar-refractivity contribution in [2.24, 2.45) is 0 Å². The number of phosphoric ester groups is 1. The molecule has 0 spiro atoms. The third kappa shape index (κ3) is 54.2. The lowest BCUT2D eigenvalue weighted by Gasteiger charge is -2.21. The van der Waals surface area contributed by atoms with Gasteiger partial charge >= 0.3 is 25.7 Å². The summed E-state index contributed by atoms with van der Waals surface area (Å²) >= 11 is 0. The van der Waals surface area contributed by atoms with Gasteiger partial charge < -0.3 is 24.2 Å². The molecule has 3 unspecified atom stereocenters. The summed E-state index contributed by atoms with van der Waals surface area (Å²) in [5, 5.41) is 9.82. The van der Waals surface area contributed by atoms with E-state index in [1.807, 2.05) is 0 Å². The van der Waals surface area contributed by atoms with E-state index < -0.39 is 57.8 Å². The van der Waals surface area contributed by atoms with E-state index in [-0.39, 0.29) is 25.9 Å². The van der Waals surface area contributed by atoms with Gasteiger partial charge in [0.05, 0.1) is 19.8 Å². The summed E-state index contributed by atoms with van der Waals surface area (Å²) in [7, 11) is -4.75. The Morgan fingerprint density at radius 3 is 1.05 bits per heavy atom. The largest absolute Gasteiger partial charge is 0.472 e. The van der Waals surface area contributed by atoms with Crippen LogP contribution in [0, 0.1) is 0 Å². The monoisotopic (exact) mass is 1060 g/mol. The van der Waals surface area contributed by atoms with Crippen LogP contribution in [0.2, 0.25) is 0 Å². The average molecular weight is 1070 g/mol. The number of allylic oxidation sites excluding steroid dienone is 8.